The Morgan fingerprint density at radius 3 is 2.88 bits per heavy atom. The zero-order valence-electron chi connectivity index (χ0n) is 9.25. The molecule has 6 heteroatoms. The number of rotatable bonds is 3. The molecule has 1 heterocycles. The van der Waals surface area contributed by atoms with Crippen LogP contribution in [0, 0.1) is 0 Å². The first-order valence-corrected chi connectivity index (χ1v) is 5.04. The molecule has 0 saturated heterocycles. The number of ether oxygens (including phenoxy) is 3. The van der Waals surface area contributed by atoms with Gasteiger partial charge in [0.15, 0.2) is 11.5 Å². The van der Waals surface area contributed by atoms with Crippen molar-refractivity contribution >= 4 is 5.97 Å². The second-order valence-electron chi connectivity index (χ2n) is 3.61. The number of esters is 1. The predicted molar refractivity (Wildman–Crippen MR) is 57.5 cm³/mol. The van der Waals surface area contributed by atoms with Crippen molar-refractivity contribution in [2.75, 3.05) is 13.9 Å². The molecule has 0 spiro atoms. The highest BCUT2D eigenvalue weighted by molar-refractivity contribution is 5.76. The van der Waals surface area contributed by atoms with E-state index in [1.165, 1.54) is 7.11 Å². The van der Waals surface area contributed by atoms with Crippen LogP contribution in [0.3, 0.4) is 0 Å². The second-order valence-corrected chi connectivity index (χ2v) is 3.61. The molecule has 0 unspecified atom stereocenters. The lowest BCUT2D eigenvalue weighted by Crippen LogP contribution is -2.37. The molecule has 1 aliphatic heterocycles. The lowest BCUT2D eigenvalue weighted by atomic mass is 10.0. The Morgan fingerprint density at radius 1 is 1.47 bits per heavy atom. The quantitative estimate of drug-likeness (QED) is 0.718. The van der Waals surface area contributed by atoms with E-state index in [9.17, 15) is 9.90 Å². The summed E-state index contributed by atoms with van der Waals surface area (Å²) in [6.45, 7) is 0.151. The number of benzene rings is 1. The molecule has 3 N–H and O–H groups in total. The summed E-state index contributed by atoms with van der Waals surface area (Å²) in [5.41, 5.74) is 6.03. The van der Waals surface area contributed by atoms with Gasteiger partial charge in [-0.2, -0.15) is 0 Å². The minimum absolute atomic E-state index is 0.151. The van der Waals surface area contributed by atoms with Gasteiger partial charge in [-0.15, -0.1) is 0 Å². The zero-order valence-corrected chi connectivity index (χ0v) is 9.25. The summed E-state index contributed by atoms with van der Waals surface area (Å²) >= 11 is 0. The lowest BCUT2D eigenvalue weighted by molar-refractivity contribution is -0.145. The van der Waals surface area contributed by atoms with E-state index in [0.29, 0.717) is 17.1 Å². The van der Waals surface area contributed by atoms with Crippen LogP contribution in [-0.2, 0) is 9.53 Å². The second kappa shape index (κ2) is 4.60. The molecule has 0 aromatic heterocycles. The van der Waals surface area contributed by atoms with Crippen LogP contribution in [0.2, 0.25) is 0 Å². The van der Waals surface area contributed by atoms with Crippen molar-refractivity contribution in [1.29, 1.82) is 0 Å². The van der Waals surface area contributed by atoms with Crippen LogP contribution in [0.1, 0.15) is 11.7 Å². The molecule has 1 aliphatic rings. The summed E-state index contributed by atoms with van der Waals surface area (Å²) in [7, 11) is 1.22. The highest BCUT2D eigenvalue weighted by atomic mass is 16.7. The average molecular weight is 239 g/mol. The highest BCUT2D eigenvalue weighted by Crippen LogP contribution is 2.34. The van der Waals surface area contributed by atoms with E-state index >= 15 is 0 Å². The maximum atomic E-state index is 11.2. The fraction of sp³-hybridized carbons (Fsp3) is 0.364. The molecular weight excluding hydrogens is 226 g/mol. The molecule has 1 aromatic carbocycles. The first-order chi connectivity index (χ1) is 8.13. The van der Waals surface area contributed by atoms with Gasteiger partial charge in [-0.05, 0) is 17.7 Å². The maximum Gasteiger partial charge on any atom is 0.325 e. The fourth-order valence-corrected chi connectivity index (χ4v) is 1.57. The Labute approximate surface area is 97.9 Å². The molecule has 2 atom stereocenters. The number of aliphatic hydroxyl groups excluding tert-OH is 1. The van der Waals surface area contributed by atoms with Crippen molar-refractivity contribution in [3.63, 3.8) is 0 Å². The first kappa shape index (κ1) is 11.7. The molecule has 6 nitrogen and oxygen atoms in total. The van der Waals surface area contributed by atoms with E-state index < -0.39 is 18.1 Å². The predicted octanol–water partition coefficient (Wildman–Crippen LogP) is -0.0510. The highest BCUT2D eigenvalue weighted by Gasteiger charge is 2.26. The van der Waals surface area contributed by atoms with Crippen molar-refractivity contribution in [2.45, 2.75) is 12.1 Å². The Bertz CT molecular complexity index is 434. The number of carbonyl (C=O) groups is 1. The molecule has 92 valence electrons. The summed E-state index contributed by atoms with van der Waals surface area (Å²) in [6, 6.07) is 3.75. The number of fused-ring (bicyclic) bond motifs is 1. The number of nitrogens with two attached hydrogens (primary N) is 1. The topological polar surface area (TPSA) is 91.0 Å². The van der Waals surface area contributed by atoms with Gasteiger partial charge in [0.25, 0.3) is 0 Å². The minimum Gasteiger partial charge on any atom is -0.468 e. The largest absolute Gasteiger partial charge is 0.468 e. The zero-order chi connectivity index (χ0) is 12.4. The van der Waals surface area contributed by atoms with Crippen LogP contribution < -0.4 is 15.2 Å². The van der Waals surface area contributed by atoms with Crippen LogP contribution >= 0.6 is 0 Å². The summed E-state index contributed by atoms with van der Waals surface area (Å²) in [6.07, 6.45) is -1.14. The molecule has 2 rings (SSSR count). The summed E-state index contributed by atoms with van der Waals surface area (Å²) in [5, 5.41) is 9.90. The lowest BCUT2D eigenvalue weighted by Gasteiger charge is -2.17. The molecular formula is C11H13NO5. The SMILES string of the molecule is COC(=O)[C@H](N)[C@@H](O)c1ccc2c(c1)OCO2. The van der Waals surface area contributed by atoms with E-state index in [2.05, 4.69) is 4.74 Å². The van der Waals surface area contributed by atoms with Gasteiger partial charge in [-0.3, -0.25) is 4.79 Å². The summed E-state index contributed by atoms with van der Waals surface area (Å²) in [5.74, 6) is 0.460. The van der Waals surface area contributed by atoms with E-state index in [4.69, 9.17) is 15.2 Å². The molecule has 0 aliphatic carbocycles. The number of hydrogen-bond donors (Lipinski definition) is 2. The minimum atomic E-state index is -1.14. The molecule has 0 saturated carbocycles. The van der Waals surface area contributed by atoms with Gasteiger partial charge in [0.1, 0.15) is 12.1 Å². The van der Waals surface area contributed by atoms with Crippen molar-refractivity contribution in [3.05, 3.63) is 23.8 Å². The van der Waals surface area contributed by atoms with Crippen LogP contribution in [0.4, 0.5) is 0 Å². The van der Waals surface area contributed by atoms with Crippen molar-refractivity contribution < 1.29 is 24.1 Å². The van der Waals surface area contributed by atoms with Gasteiger partial charge in [-0.25, -0.2) is 0 Å². The normalized spacial score (nSPS) is 16.4. The Hall–Kier alpha value is -1.79. The Kier molecular flexibility index (Phi) is 3.16. The maximum absolute atomic E-state index is 11.2. The van der Waals surface area contributed by atoms with Gasteiger partial charge in [-0.1, -0.05) is 6.07 Å². The average Bonchev–Trinajstić information content (AvgIpc) is 2.83. The molecule has 0 bridgehead atoms. The van der Waals surface area contributed by atoms with Crippen LogP contribution in [0.5, 0.6) is 11.5 Å². The third-order valence-electron chi connectivity index (χ3n) is 2.55. The molecule has 0 amide bonds. The van der Waals surface area contributed by atoms with Gasteiger partial charge < -0.3 is 25.1 Å². The van der Waals surface area contributed by atoms with Gasteiger partial charge in [0, 0.05) is 0 Å². The third-order valence-corrected chi connectivity index (χ3v) is 2.55. The number of carbonyl (C=O) groups excluding carboxylic acids is 1. The van der Waals surface area contributed by atoms with Crippen LogP contribution in [0.25, 0.3) is 0 Å². The Morgan fingerprint density at radius 2 is 2.18 bits per heavy atom. The molecule has 1 aromatic rings. The smallest absolute Gasteiger partial charge is 0.325 e. The number of hydrogen-bond acceptors (Lipinski definition) is 6. The third kappa shape index (κ3) is 2.17. The molecule has 17 heavy (non-hydrogen) atoms. The number of methoxy groups -OCH3 is 1. The van der Waals surface area contributed by atoms with Crippen molar-refractivity contribution in [1.82, 2.24) is 0 Å². The standard InChI is InChI=1S/C11H13NO5/c1-15-11(14)9(12)10(13)6-2-3-7-8(4-6)17-5-16-7/h2-4,9-10,13H,5,12H2,1H3/t9-,10+/m1/s1. The van der Waals surface area contributed by atoms with Crippen LogP contribution in [-0.4, -0.2) is 31.0 Å². The van der Waals surface area contributed by atoms with E-state index in [1.807, 2.05) is 0 Å². The van der Waals surface area contributed by atoms with E-state index in [1.54, 1.807) is 18.2 Å². The summed E-state index contributed by atoms with van der Waals surface area (Å²) in [4.78, 5) is 11.2. The fourth-order valence-electron chi connectivity index (χ4n) is 1.57. The van der Waals surface area contributed by atoms with Crippen LogP contribution in [0.15, 0.2) is 18.2 Å². The van der Waals surface area contributed by atoms with Gasteiger partial charge in [0.2, 0.25) is 6.79 Å². The summed E-state index contributed by atoms with van der Waals surface area (Å²) < 4.78 is 14.8. The van der Waals surface area contributed by atoms with Gasteiger partial charge in [0.05, 0.1) is 7.11 Å². The monoisotopic (exact) mass is 239 g/mol. The van der Waals surface area contributed by atoms with E-state index in [0.717, 1.165) is 0 Å². The first-order valence-electron chi connectivity index (χ1n) is 5.04. The van der Waals surface area contributed by atoms with Crippen molar-refractivity contribution in [2.24, 2.45) is 5.73 Å². The number of aliphatic hydroxyl groups is 1. The molecule has 0 fully saturated rings. The van der Waals surface area contributed by atoms with E-state index in [-0.39, 0.29) is 6.79 Å². The molecule has 0 radical (unpaired) electrons. The van der Waals surface area contributed by atoms with Gasteiger partial charge >= 0.3 is 5.97 Å². The van der Waals surface area contributed by atoms with Crippen molar-refractivity contribution in [3.8, 4) is 11.5 Å². The Balaban J connectivity index is 2.19.